The molecule has 1 aliphatic heterocycles. The van der Waals surface area contributed by atoms with E-state index in [1.165, 1.54) is 0 Å². The van der Waals surface area contributed by atoms with E-state index in [4.69, 9.17) is 21.1 Å². The fourth-order valence-corrected chi connectivity index (χ4v) is 1.56. The molecule has 0 radical (unpaired) electrons. The number of hydrogen-bond acceptors (Lipinski definition) is 3. The number of benzene rings is 1. The first kappa shape index (κ1) is 8.66. The Kier molecular flexibility index (Phi) is 2.06. The van der Waals surface area contributed by atoms with E-state index in [0.717, 1.165) is 0 Å². The molecular formula is C9H9ClO3. The minimum absolute atomic E-state index is 0.217. The lowest BCUT2D eigenvalue weighted by molar-refractivity contribution is 0.173. The van der Waals surface area contributed by atoms with Gasteiger partial charge in [0.25, 0.3) is 0 Å². The molecule has 3 nitrogen and oxygen atoms in total. The molecule has 0 spiro atoms. The summed E-state index contributed by atoms with van der Waals surface area (Å²) in [7, 11) is 0. The van der Waals surface area contributed by atoms with E-state index < -0.39 is 6.10 Å². The Bertz CT molecular complexity index is 336. The topological polar surface area (TPSA) is 38.7 Å². The van der Waals surface area contributed by atoms with Crippen molar-refractivity contribution in [3.05, 3.63) is 22.7 Å². The molecule has 0 aromatic heterocycles. The number of aliphatic hydroxyl groups excluding tert-OH is 1. The Labute approximate surface area is 80.8 Å². The van der Waals surface area contributed by atoms with Crippen LogP contribution >= 0.6 is 11.6 Å². The summed E-state index contributed by atoms with van der Waals surface area (Å²) in [5.41, 5.74) is 0.658. The van der Waals surface area contributed by atoms with Crippen molar-refractivity contribution in [3.8, 4) is 11.5 Å². The molecule has 1 unspecified atom stereocenters. The molecule has 1 aromatic rings. The van der Waals surface area contributed by atoms with Crippen LogP contribution in [-0.2, 0) is 0 Å². The van der Waals surface area contributed by atoms with Crippen LogP contribution in [0.5, 0.6) is 11.5 Å². The summed E-state index contributed by atoms with van der Waals surface area (Å²) < 4.78 is 10.3. The van der Waals surface area contributed by atoms with E-state index in [-0.39, 0.29) is 6.79 Å². The zero-order valence-corrected chi connectivity index (χ0v) is 7.84. The van der Waals surface area contributed by atoms with E-state index >= 15 is 0 Å². The Morgan fingerprint density at radius 2 is 2.00 bits per heavy atom. The molecule has 2 rings (SSSR count). The standard InChI is InChI=1S/C9H9ClO3/c1-5(11)6-2-8-9(3-7(6)10)13-4-12-8/h2-3,5,11H,4H2,1H3. The second-order valence-corrected chi connectivity index (χ2v) is 3.31. The van der Waals surface area contributed by atoms with Crippen LogP contribution < -0.4 is 9.47 Å². The summed E-state index contributed by atoms with van der Waals surface area (Å²) in [5.74, 6) is 1.27. The van der Waals surface area contributed by atoms with Crippen molar-refractivity contribution in [1.29, 1.82) is 0 Å². The summed E-state index contributed by atoms with van der Waals surface area (Å²) >= 11 is 5.91. The van der Waals surface area contributed by atoms with Gasteiger partial charge in [0.2, 0.25) is 6.79 Å². The van der Waals surface area contributed by atoms with Crippen molar-refractivity contribution >= 4 is 11.6 Å². The molecule has 0 bridgehead atoms. The SMILES string of the molecule is CC(O)c1cc2c(cc1Cl)OCO2. The second kappa shape index (κ2) is 3.09. The predicted octanol–water partition coefficient (Wildman–Crippen LogP) is 2.12. The highest BCUT2D eigenvalue weighted by Gasteiger charge is 2.18. The van der Waals surface area contributed by atoms with Crippen molar-refractivity contribution in [2.75, 3.05) is 6.79 Å². The largest absolute Gasteiger partial charge is 0.454 e. The molecule has 1 aliphatic rings. The fourth-order valence-electron chi connectivity index (χ4n) is 1.25. The minimum Gasteiger partial charge on any atom is -0.454 e. The van der Waals surface area contributed by atoms with Crippen molar-refractivity contribution in [3.63, 3.8) is 0 Å². The van der Waals surface area contributed by atoms with Gasteiger partial charge in [0.1, 0.15) is 0 Å². The minimum atomic E-state index is -0.595. The van der Waals surface area contributed by atoms with Gasteiger partial charge in [0, 0.05) is 11.6 Å². The van der Waals surface area contributed by atoms with Gasteiger partial charge in [-0.05, 0) is 13.0 Å². The maximum atomic E-state index is 9.35. The summed E-state index contributed by atoms with van der Waals surface area (Å²) in [6.07, 6.45) is -0.595. The van der Waals surface area contributed by atoms with Crippen LogP contribution in [0.3, 0.4) is 0 Å². The average Bonchev–Trinajstić information content (AvgIpc) is 2.48. The third kappa shape index (κ3) is 1.45. The van der Waals surface area contributed by atoms with Gasteiger partial charge < -0.3 is 14.6 Å². The third-order valence-electron chi connectivity index (χ3n) is 1.94. The Morgan fingerprint density at radius 3 is 2.62 bits per heavy atom. The first-order valence-corrected chi connectivity index (χ1v) is 4.33. The first-order chi connectivity index (χ1) is 6.18. The van der Waals surface area contributed by atoms with Crippen LogP contribution in [0.25, 0.3) is 0 Å². The van der Waals surface area contributed by atoms with E-state index in [1.54, 1.807) is 19.1 Å². The molecule has 4 heteroatoms. The normalized spacial score (nSPS) is 15.9. The molecule has 0 saturated carbocycles. The van der Waals surface area contributed by atoms with Gasteiger partial charge >= 0.3 is 0 Å². The highest BCUT2D eigenvalue weighted by molar-refractivity contribution is 6.31. The number of ether oxygens (including phenoxy) is 2. The van der Waals surface area contributed by atoms with Crippen LogP contribution in [0, 0.1) is 0 Å². The Morgan fingerprint density at radius 1 is 1.38 bits per heavy atom. The lowest BCUT2D eigenvalue weighted by Gasteiger charge is -2.07. The molecule has 1 aromatic carbocycles. The molecule has 0 fully saturated rings. The Balaban J connectivity index is 2.49. The Hall–Kier alpha value is -0.930. The number of aliphatic hydroxyl groups is 1. The number of halogens is 1. The van der Waals surface area contributed by atoms with Crippen LogP contribution in [0.1, 0.15) is 18.6 Å². The van der Waals surface area contributed by atoms with Crippen LogP contribution in [-0.4, -0.2) is 11.9 Å². The van der Waals surface area contributed by atoms with Gasteiger partial charge in [-0.2, -0.15) is 0 Å². The molecule has 1 atom stereocenters. The lowest BCUT2D eigenvalue weighted by Crippen LogP contribution is -1.93. The summed E-state index contributed by atoms with van der Waals surface area (Å²) in [6.45, 7) is 1.87. The maximum absolute atomic E-state index is 9.35. The van der Waals surface area contributed by atoms with E-state index in [1.807, 2.05) is 0 Å². The van der Waals surface area contributed by atoms with E-state index in [9.17, 15) is 5.11 Å². The monoisotopic (exact) mass is 200 g/mol. The van der Waals surface area contributed by atoms with Gasteiger partial charge in [-0.3, -0.25) is 0 Å². The zero-order chi connectivity index (χ0) is 9.42. The molecule has 0 amide bonds. The molecule has 1 N–H and O–H groups in total. The van der Waals surface area contributed by atoms with Crippen LogP contribution in [0.2, 0.25) is 5.02 Å². The van der Waals surface area contributed by atoms with E-state index in [0.29, 0.717) is 22.1 Å². The van der Waals surface area contributed by atoms with Gasteiger partial charge in [-0.25, -0.2) is 0 Å². The molecule has 0 aliphatic carbocycles. The summed E-state index contributed by atoms with van der Waals surface area (Å²) in [4.78, 5) is 0. The number of fused-ring (bicyclic) bond motifs is 1. The van der Waals surface area contributed by atoms with Gasteiger partial charge in [-0.1, -0.05) is 11.6 Å². The summed E-state index contributed by atoms with van der Waals surface area (Å²) in [6, 6.07) is 3.36. The molecular weight excluding hydrogens is 192 g/mol. The highest BCUT2D eigenvalue weighted by Crippen LogP contribution is 2.38. The first-order valence-electron chi connectivity index (χ1n) is 3.95. The van der Waals surface area contributed by atoms with E-state index in [2.05, 4.69) is 0 Å². The lowest BCUT2D eigenvalue weighted by atomic mass is 10.1. The average molecular weight is 201 g/mol. The van der Waals surface area contributed by atoms with Crippen LogP contribution in [0.4, 0.5) is 0 Å². The van der Waals surface area contributed by atoms with Gasteiger partial charge in [-0.15, -0.1) is 0 Å². The van der Waals surface area contributed by atoms with Crippen molar-refractivity contribution in [2.24, 2.45) is 0 Å². The van der Waals surface area contributed by atoms with Crippen molar-refractivity contribution in [2.45, 2.75) is 13.0 Å². The second-order valence-electron chi connectivity index (χ2n) is 2.90. The smallest absolute Gasteiger partial charge is 0.231 e. The van der Waals surface area contributed by atoms with Crippen molar-refractivity contribution in [1.82, 2.24) is 0 Å². The van der Waals surface area contributed by atoms with Crippen LogP contribution in [0.15, 0.2) is 12.1 Å². The van der Waals surface area contributed by atoms with Crippen molar-refractivity contribution < 1.29 is 14.6 Å². The highest BCUT2D eigenvalue weighted by atomic mass is 35.5. The molecule has 13 heavy (non-hydrogen) atoms. The third-order valence-corrected chi connectivity index (χ3v) is 2.27. The van der Waals surface area contributed by atoms with Gasteiger partial charge in [0.15, 0.2) is 11.5 Å². The maximum Gasteiger partial charge on any atom is 0.231 e. The predicted molar refractivity (Wildman–Crippen MR) is 48.2 cm³/mol. The quantitative estimate of drug-likeness (QED) is 0.755. The molecule has 70 valence electrons. The molecule has 0 saturated heterocycles. The fraction of sp³-hybridized carbons (Fsp3) is 0.333. The van der Waals surface area contributed by atoms with Gasteiger partial charge in [0.05, 0.1) is 11.1 Å². The zero-order valence-electron chi connectivity index (χ0n) is 7.08. The number of rotatable bonds is 1. The summed E-state index contributed by atoms with van der Waals surface area (Å²) in [5, 5.41) is 9.85. The molecule has 1 heterocycles. The number of hydrogen-bond donors (Lipinski definition) is 1.